The summed E-state index contributed by atoms with van der Waals surface area (Å²) in [6.07, 6.45) is -0.0747. The standard InChI is InChI=1S/C19H19ClN2O4S/c1-12(2)13-3-5-14(6-4-13)21-19(24)16-11-15(7-8-17(16)20)22-18(23)9-10-27(22,25)26/h3-8,11-12H,9-10H2,1-2H3,(H,21,24). The lowest BCUT2D eigenvalue weighted by atomic mass is 10.0. The van der Waals surface area contributed by atoms with E-state index >= 15 is 0 Å². The van der Waals surface area contributed by atoms with E-state index in [2.05, 4.69) is 19.2 Å². The Bertz CT molecular complexity index is 1000. The normalized spacial score (nSPS) is 16.0. The fourth-order valence-corrected chi connectivity index (χ4v) is 4.49. The monoisotopic (exact) mass is 406 g/mol. The van der Waals surface area contributed by atoms with E-state index in [0.717, 1.165) is 9.87 Å². The summed E-state index contributed by atoms with van der Waals surface area (Å²) in [4.78, 5) is 24.6. The average Bonchev–Trinajstić information content (AvgIpc) is 2.89. The molecule has 0 aromatic heterocycles. The smallest absolute Gasteiger partial charge is 0.257 e. The van der Waals surface area contributed by atoms with Crippen molar-refractivity contribution >= 4 is 44.8 Å². The van der Waals surface area contributed by atoms with Gasteiger partial charge in [-0.15, -0.1) is 0 Å². The Morgan fingerprint density at radius 3 is 2.37 bits per heavy atom. The molecule has 2 aromatic rings. The predicted octanol–water partition coefficient (Wildman–Crippen LogP) is 3.78. The molecule has 2 aromatic carbocycles. The molecule has 8 heteroatoms. The molecule has 3 rings (SSSR count). The third kappa shape index (κ3) is 3.99. The molecule has 0 aliphatic carbocycles. The molecule has 1 aliphatic rings. The summed E-state index contributed by atoms with van der Waals surface area (Å²) in [7, 11) is -3.71. The van der Waals surface area contributed by atoms with Gasteiger partial charge in [-0.05, 0) is 41.8 Å². The third-order valence-corrected chi connectivity index (χ3v) is 6.36. The molecule has 0 radical (unpaired) electrons. The number of halogens is 1. The van der Waals surface area contributed by atoms with Gasteiger partial charge in [0.15, 0.2) is 0 Å². The Hall–Kier alpha value is -2.38. The lowest BCUT2D eigenvalue weighted by Gasteiger charge is -2.16. The number of carbonyl (C=O) groups is 2. The summed E-state index contributed by atoms with van der Waals surface area (Å²) in [5.74, 6) is -0.866. The van der Waals surface area contributed by atoms with Crippen molar-refractivity contribution in [1.29, 1.82) is 0 Å². The van der Waals surface area contributed by atoms with Gasteiger partial charge in [0, 0.05) is 12.1 Å². The van der Waals surface area contributed by atoms with E-state index < -0.39 is 21.8 Å². The first kappa shape index (κ1) is 19.4. The van der Waals surface area contributed by atoms with Crippen molar-refractivity contribution in [2.24, 2.45) is 0 Å². The Kier molecular flexibility index (Phi) is 5.26. The van der Waals surface area contributed by atoms with Crippen LogP contribution in [0.2, 0.25) is 5.02 Å². The topological polar surface area (TPSA) is 83.6 Å². The van der Waals surface area contributed by atoms with Crippen LogP contribution < -0.4 is 9.62 Å². The van der Waals surface area contributed by atoms with Crippen molar-refractivity contribution in [1.82, 2.24) is 0 Å². The van der Waals surface area contributed by atoms with Crippen molar-refractivity contribution < 1.29 is 18.0 Å². The highest BCUT2D eigenvalue weighted by molar-refractivity contribution is 7.94. The van der Waals surface area contributed by atoms with E-state index in [9.17, 15) is 18.0 Å². The highest BCUT2D eigenvalue weighted by atomic mass is 35.5. The number of amides is 2. The van der Waals surface area contributed by atoms with Crippen LogP contribution in [0.3, 0.4) is 0 Å². The van der Waals surface area contributed by atoms with Gasteiger partial charge in [0.25, 0.3) is 5.91 Å². The van der Waals surface area contributed by atoms with Gasteiger partial charge in [-0.2, -0.15) is 0 Å². The van der Waals surface area contributed by atoms with Crippen LogP contribution in [0.4, 0.5) is 11.4 Å². The number of benzene rings is 2. The maximum Gasteiger partial charge on any atom is 0.257 e. The number of nitrogens with zero attached hydrogens (tertiary/aromatic N) is 1. The largest absolute Gasteiger partial charge is 0.322 e. The number of carbonyl (C=O) groups excluding carboxylic acids is 2. The van der Waals surface area contributed by atoms with Crippen LogP contribution in [0.25, 0.3) is 0 Å². The molecule has 1 fully saturated rings. The average molecular weight is 407 g/mol. The van der Waals surface area contributed by atoms with Gasteiger partial charge < -0.3 is 5.32 Å². The van der Waals surface area contributed by atoms with Gasteiger partial charge in [-0.3, -0.25) is 9.59 Å². The van der Waals surface area contributed by atoms with Gasteiger partial charge in [0.1, 0.15) is 0 Å². The molecule has 27 heavy (non-hydrogen) atoms. The number of hydrogen-bond acceptors (Lipinski definition) is 4. The van der Waals surface area contributed by atoms with Crippen LogP contribution in [0.1, 0.15) is 42.1 Å². The van der Waals surface area contributed by atoms with Crippen LogP contribution in [-0.4, -0.2) is 26.0 Å². The van der Waals surface area contributed by atoms with Crippen LogP contribution in [0, 0.1) is 0 Å². The van der Waals surface area contributed by atoms with E-state index in [0.29, 0.717) is 11.6 Å². The van der Waals surface area contributed by atoms with Crippen molar-refractivity contribution in [3.63, 3.8) is 0 Å². The Balaban J connectivity index is 1.88. The van der Waals surface area contributed by atoms with Gasteiger partial charge >= 0.3 is 0 Å². The second-order valence-corrected chi connectivity index (χ2v) is 8.96. The van der Waals surface area contributed by atoms with Gasteiger partial charge in [0.2, 0.25) is 15.9 Å². The van der Waals surface area contributed by atoms with E-state index in [4.69, 9.17) is 11.6 Å². The van der Waals surface area contributed by atoms with Crippen molar-refractivity contribution in [3.05, 3.63) is 58.6 Å². The number of anilines is 2. The zero-order chi connectivity index (χ0) is 19.8. The zero-order valence-electron chi connectivity index (χ0n) is 14.9. The first-order valence-electron chi connectivity index (χ1n) is 8.46. The summed E-state index contributed by atoms with van der Waals surface area (Å²) >= 11 is 6.12. The van der Waals surface area contributed by atoms with E-state index in [1.165, 1.54) is 18.2 Å². The predicted molar refractivity (Wildman–Crippen MR) is 106 cm³/mol. The van der Waals surface area contributed by atoms with Crippen LogP contribution >= 0.6 is 11.6 Å². The molecular formula is C19H19ClN2O4S. The molecule has 2 amide bonds. The fraction of sp³-hybridized carbons (Fsp3) is 0.263. The van der Waals surface area contributed by atoms with Crippen molar-refractivity contribution in [2.75, 3.05) is 15.4 Å². The molecule has 6 nitrogen and oxygen atoms in total. The van der Waals surface area contributed by atoms with Crippen LogP contribution in [-0.2, 0) is 14.8 Å². The lowest BCUT2D eigenvalue weighted by Crippen LogP contribution is -2.29. The maximum atomic E-state index is 12.6. The van der Waals surface area contributed by atoms with E-state index in [1.54, 1.807) is 12.1 Å². The van der Waals surface area contributed by atoms with E-state index in [1.807, 2.05) is 12.1 Å². The van der Waals surface area contributed by atoms with Crippen LogP contribution in [0.5, 0.6) is 0 Å². The third-order valence-electron chi connectivity index (χ3n) is 4.34. The molecule has 1 aliphatic heterocycles. The SMILES string of the molecule is CC(C)c1ccc(NC(=O)c2cc(N3C(=O)CCS3(=O)=O)ccc2Cl)cc1. The Morgan fingerprint density at radius 2 is 1.81 bits per heavy atom. The van der Waals surface area contributed by atoms with Gasteiger partial charge in [-0.25, -0.2) is 12.7 Å². The summed E-state index contributed by atoms with van der Waals surface area (Å²) in [5, 5.41) is 2.90. The Morgan fingerprint density at radius 1 is 1.15 bits per heavy atom. The zero-order valence-corrected chi connectivity index (χ0v) is 16.5. The molecular weight excluding hydrogens is 388 g/mol. The molecule has 142 valence electrons. The fourth-order valence-electron chi connectivity index (χ4n) is 2.83. The van der Waals surface area contributed by atoms with E-state index in [-0.39, 0.29) is 28.4 Å². The quantitative estimate of drug-likeness (QED) is 0.837. The number of rotatable bonds is 4. The second-order valence-electron chi connectivity index (χ2n) is 6.62. The summed E-state index contributed by atoms with van der Waals surface area (Å²) in [6, 6.07) is 11.6. The number of nitrogens with one attached hydrogen (secondary N) is 1. The van der Waals surface area contributed by atoms with Crippen molar-refractivity contribution in [3.8, 4) is 0 Å². The molecule has 0 unspecified atom stereocenters. The minimum Gasteiger partial charge on any atom is -0.322 e. The van der Waals surface area contributed by atoms with Crippen molar-refractivity contribution in [2.45, 2.75) is 26.2 Å². The summed E-state index contributed by atoms with van der Waals surface area (Å²) in [6.45, 7) is 4.15. The van der Waals surface area contributed by atoms with Gasteiger partial charge in [0.05, 0.1) is 22.0 Å². The molecule has 1 heterocycles. The number of hydrogen-bond donors (Lipinski definition) is 1. The first-order chi connectivity index (χ1) is 12.7. The molecule has 1 saturated heterocycles. The molecule has 0 bridgehead atoms. The highest BCUT2D eigenvalue weighted by Gasteiger charge is 2.36. The molecule has 0 saturated carbocycles. The molecule has 0 spiro atoms. The highest BCUT2D eigenvalue weighted by Crippen LogP contribution is 2.29. The van der Waals surface area contributed by atoms with Gasteiger partial charge in [-0.1, -0.05) is 37.6 Å². The first-order valence-corrected chi connectivity index (χ1v) is 10.4. The lowest BCUT2D eigenvalue weighted by molar-refractivity contribution is -0.116. The minimum atomic E-state index is -3.71. The summed E-state index contributed by atoms with van der Waals surface area (Å²) < 4.78 is 24.9. The second kappa shape index (κ2) is 7.32. The van der Waals surface area contributed by atoms with Crippen LogP contribution in [0.15, 0.2) is 42.5 Å². The Labute approximate surface area is 163 Å². The molecule has 1 N–H and O–H groups in total. The molecule has 0 atom stereocenters. The summed E-state index contributed by atoms with van der Waals surface area (Å²) in [5.41, 5.74) is 1.95. The minimum absolute atomic E-state index is 0.0747. The number of sulfonamides is 1. The maximum absolute atomic E-state index is 12.6.